The Morgan fingerprint density at radius 3 is 1.57 bits per heavy atom. The fourth-order valence-electron chi connectivity index (χ4n) is 5.44. The minimum Gasteiger partial charge on any atom is -0.494 e. The molecule has 3 aromatic carbocycles. The molecule has 46 heavy (non-hydrogen) atoms. The van der Waals surface area contributed by atoms with Crippen molar-refractivity contribution in [1.29, 1.82) is 0 Å². The number of ether oxygens (including phenoxy) is 2. The molecule has 0 saturated carbocycles. The van der Waals surface area contributed by atoms with Gasteiger partial charge in [-0.3, -0.25) is 9.59 Å². The molecule has 0 saturated heterocycles. The molecule has 3 aromatic rings. The molecule has 246 valence electrons. The van der Waals surface area contributed by atoms with Crippen molar-refractivity contribution in [3.05, 3.63) is 108 Å². The van der Waals surface area contributed by atoms with Gasteiger partial charge < -0.3 is 9.47 Å². The van der Waals surface area contributed by atoms with Crippen molar-refractivity contribution in [2.24, 2.45) is 0 Å². The quantitative estimate of drug-likeness (QED) is 0.0310. The van der Waals surface area contributed by atoms with E-state index in [1.54, 1.807) is 36.4 Å². The second-order valence-corrected chi connectivity index (χ2v) is 12.1. The van der Waals surface area contributed by atoms with Crippen LogP contribution in [0.25, 0.3) is 12.2 Å². The summed E-state index contributed by atoms with van der Waals surface area (Å²) < 4.78 is 11.3. The molecule has 0 N–H and O–H groups in total. The topological polar surface area (TPSA) is 52.6 Å². The molecule has 0 aromatic heterocycles. The lowest BCUT2D eigenvalue weighted by atomic mass is 10.0. The molecule has 0 heterocycles. The Labute approximate surface area is 277 Å². The second-order valence-electron chi connectivity index (χ2n) is 12.1. The predicted molar refractivity (Wildman–Crippen MR) is 192 cm³/mol. The molecule has 3 rings (SSSR count). The van der Waals surface area contributed by atoms with E-state index in [4.69, 9.17) is 9.47 Å². The van der Waals surface area contributed by atoms with Gasteiger partial charge in [-0.05, 0) is 54.3 Å². The number of carbonyl (C=O) groups is 2. The van der Waals surface area contributed by atoms with E-state index in [1.807, 2.05) is 60.7 Å². The summed E-state index contributed by atoms with van der Waals surface area (Å²) in [4.78, 5) is 24.4. The molecule has 0 unspecified atom stereocenters. The SMILES string of the molecule is C=Cc1ccc(OCCCCCCCCCCCCCCCCCCC(=O)Oc2ccc(C=CC(=O)c3ccccc3)cc2)cc1. The van der Waals surface area contributed by atoms with E-state index in [0.29, 0.717) is 17.7 Å². The Hall–Kier alpha value is -3.92. The van der Waals surface area contributed by atoms with Crippen molar-refractivity contribution in [2.75, 3.05) is 6.61 Å². The number of benzene rings is 3. The van der Waals surface area contributed by atoms with Crippen LogP contribution in [0.1, 0.15) is 131 Å². The lowest BCUT2D eigenvalue weighted by Gasteiger charge is -2.06. The van der Waals surface area contributed by atoms with Gasteiger partial charge in [-0.15, -0.1) is 0 Å². The second kappa shape index (κ2) is 23.4. The number of carbonyl (C=O) groups excluding carboxylic acids is 2. The van der Waals surface area contributed by atoms with Gasteiger partial charge in [0.1, 0.15) is 11.5 Å². The van der Waals surface area contributed by atoms with E-state index in [-0.39, 0.29) is 11.8 Å². The van der Waals surface area contributed by atoms with Gasteiger partial charge in [0.05, 0.1) is 6.61 Å². The third-order valence-electron chi connectivity index (χ3n) is 8.26. The van der Waals surface area contributed by atoms with Gasteiger partial charge in [0.15, 0.2) is 5.78 Å². The highest BCUT2D eigenvalue weighted by atomic mass is 16.5. The van der Waals surface area contributed by atoms with Crippen molar-refractivity contribution < 1.29 is 19.1 Å². The predicted octanol–water partition coefficient (Wildman–Crippen LogP) is 11.8. The number of unbranched alkanes of at least 4 members (excludes halogenated alkanes) is 15. The van der Waals surface area contributed by atoms with Crippen LogP contribution in [0, 0.1) is 0 Å². The lowest BCUT2D eigenvalue weighted by Crippen LogP contribution is -2.07. The van der Waals surface area contributed by atoms with E-state index in [0.717, 1.165) is 42.7 Å². The Morgan fingerprint density at radius 2 is 1.02 bits per heavy atom. The van der Waals surface area contributed by atoms with E-state index in [9.17, 15) is 9.59 Å². The van der Waals surface area contributed by atoms with Gasteiger partial charge in [0.2, 0.25) is 0 Å². The molecule has 4 heteroatoms. The largest absolute Gasteiger partial charge is 0.494 e. The van der Waals surface area contributed by atoms with E-state index < -0.39 is 0 Å². The van der Waals surface area contributed by atoms with Gasteiger partial charge in [-0.1, -0.05) is 163 Å². The first kappa shape index (κ1) is 36.5. The normalized spacial score (nSPS) is 11.0. The van der Waals surface area contributed by atoms with Crippen molar-refractivity contribution in [3.8, 4) is 11.5 Å². The van der Waals surface area contributed by atoms with Crippen LogP contribution in [-0.4, -0.2) is 18.4 Å². The van der Waals surface area contributed by atoms with Crippen LogP contribution in [0.5, 0.6) is 11.5 Å². The summed E-state index contributed by atoms with van der Waals surface area (Å²) in [6.45, 7) is 4.58. The van der Waals surface area contributed by atoms with Gasteiger partial charge in [-0.25, -0.2) is 0 Å². The minimum absolute atomic E-state index is 0.0370. The third-order valence-corrected chi connectivity index (χ3v) is 8.26. The maximum absolute atomic E-state index is 12.2. The number of hydrogen-bond donors (Lipinski definition) is 0. The maximum atomic E-state index is 12.2. The summed E-state index contributed by atoms with van der Waals surface area (Å²) >= 11 is 0. The zero-order chi connectivity index (χ0) is 32.5. The molecular weight excluding hydrogens is 568 g/mol. The zero-order valence-corrected chi connectivity index (χ0v) is 27.8. The van der Waals surface area contributed by atoms with Crippen molar-refractivity contribution in [2.45, 2.75) is 109 Å². The lowest BCUT2D eigenvalue weighted by molar-refractivity contribution is -0.134. The number of ketones is 1. The Morgan fingerprint density at radius 1 is 0.543 bits per heavy atom. The average Bonchev–Trinajstić information content (AvgIpc) is 3.09. The molecule has 0 bridgehead atoms. The summed E-state index contributed by atoms with van der Waals surface area (Å²) in [6.07, 6.45) is 25.9. The zero-order valence-electron chi connectivity index (χ0n) is 27.8. The summed E-state index contributed by atoms with van der Waals surface area (Å²) in [5.74, 6) is 1.27. The van der Waals surface area contributed by atoms with Crippen molar-refractivity contribution in [1.82, 2.24) is 0 Å². The molecule has 0 aliphatic heterocycles. The Bertz CT molecular complexity index is 1280. The molecule has 0 radical (unpaired) electrons. The average molecular weight is 623 g/mol. The molecule has 0 spiro atoms. The summed E-state index contributed by atoms with van der Waals surface area (Å²) in [7, 11) is 0. The monoisotopic (exact) mass is 622 g/mol. The minimum atomic E-state index is -0.182. The van der Waals surface area contributed by atoms with Crippen molar-refractivity contribution in [3.63, 3.8) is 0 Å². The van der Waals surface area contributed by atoms with Crippen LogP contribution in [0.4, 0.5) is 0 Å². The van der Waals surface area contributed by atoms with E-state index >= 15 is 0 Å². The molecule has 0 aliphatic carbocycles. The van der Waals surface area contributed by atoms with Crippen LogP contribution < -0.4 is 9.47 Å². The highest BCUT2D eigenvalue weighted by Gasteiger charge is 2.05. The van der Waals surface area contributed by atoms with Gasteiger partial charge in [0, 0.05) is 12.0 Å². The molecule has 0 fully saturated rings. The molecule has 4 nitrogen and oxygen atoms in total. The number of rotatable bonds is 25. The Balaban J connectivity index is 1.05. The molecule has 0 atom stereocenters. The Kier molecular flexibility index (Phi) is 18.6. The van der Waals surface area contributed by atoms with Gasteiger partial charge >= 0.3 is 5.97 Å². The van der Waals surface area contributed by atoms with E-state index in [2.05, 4.69) is 6.58 Å². The first-order chi connectivity index (χ1) is 22.6. The highest BCUT2D eigenvalue weighted by molar-refractivity contribution is 6.06. The fraction of sp³-hybridized carbons (Fsp3) is 0.429. The smallest absolute Gasteiger partial charge is 0.311 e. The molecular formula is C42H54O4. The van der Waals surface area contributed by atoms with Crippen LogP contribution in [0.2, 0.25) is 0 Å². The molecule has 0 aliphatic rings. The number of hydrogen-bond acceptors (Lipinski definition) is 4. The van der Waals surface area contributed by atoms with Crippen LogP contribution in [0.3, 0.4) is 0 Å². The number of esters is 1. The summed E-state index contributed by atoms with van der Waals surface area (Å²) in [5.41, 5.74) is 2.67. The maximum Gasteiger partial charge on any atom is 0.311 e. The van der Waals surface area contributed by atoms with E-state index in [1.165, 1.54) is 83.5 Å². The van der Waals surface area contributed by atoms with Crippen LogP contribution in [0.15, 0.2) is 91.5 Å². The summed E-state index contributed by atoms with van der Waals surface area (Å²) in [6, 6.07) is 24.6. The van der Waals surface area contributed by atoms with Gasteiger partial charge in [0.25, 0.3) is 0 Å². The van der Waals surface area contributed by atoms with Gasteiger partial charge in [-0.2, -0.15) is 0 Å². The highest BCUT2D eigenvalue weighted by Crippen LogP contribution is 2.18. The first-order valence-corrected chi connectivity index (χ1v) is 17.6. The first-order valence-electron chi connectivity index (χ1n) is 17.6. The van der Waals surface area contributed by atoms with Crippen LogP contribution >= 0.6 is 0 Å². The molecule has 0 amide bonds. The number of allylic oxidation sites excluding steroid dienone is 1. The van der Waals surface area contributed by atoms with Crippen LogP contribution in [-0.2, 0) is 4.79 Å². The fourth-order valence-corrected chi connectivity index (χ4v) is 5.44. The summed E-state index contributed by atoms with van der Waals surface area (Å²) in [5, 5.41) is 0. The standard InChI is InChI=1S/C42H54O4/c1-2-36-25-30-39(31-26-36)45-35-21-16-14-12-10-8-6-4-3-5-7-9-11-13-15-20-24-42(44)46-40-32-27-37(28-33-40)29-34-41(43)38-22-18-17-19-23-38/h2,17-19,22-23,25-34H,1,3-16,20-21,24,35H2. The third kappa shape index (κ3) is 16.4. The van der Waals surface area contributed by atoms with Crippen molar-refractivity contribution >= 4 is 23.9 Å².